The third kappa shape index (κ3) is 3.04. The van der Waals surface area contributed by atoms with Gasteiger partial charge in [-0.05, 0) is 12.8 Å². The average molecular weight is 297 g/mol. The average Bonchev–Trinajstić information content (AvgIpc) is 2.38. The molecular weight excluding hydrogens is 282 g/mol. The van der Waals surface area contributed by atoms with Crippen molar-refractivity contribution in [2.45, 2.75) is 30.9 Å². The molecule has 0 bridgehead atoms. The maximum absolute atomic E-state index is 12.2. The Morgan fingerprint density at radius 2 is 2.00 bits per heavy atom. The normalized spacial score (nSPS) is 21.3. The lowest BCUT2D eigenvalue weighted by molar-refractivity contribution is -0.385. The molecule has 0 saturated carbocycles. The number of hydrogen-bond acceptors (Lipinski definition) is 5. The lowest BCUT2D eigenvalue weighted by atomic mass is 10.0. The van der Waals surface area contributed by atoms with Crippen molar-refractivity contribution in [1.29, 1.82) is 0 Å². The van der Waals surface area contributed by atoms with Gasteiger partial charge in [-0.2, -0.15) is 0 Å². The van der Waals surface area contributed by atoms with E-state index < -0.39 is 25.8 Å². The molecule has 1 aromatic rings. The first-order valence-corrected chi connectivity index (χ1v) is 8.10. The highest BCUT2D eigenvalue weighted by Gasteiger charge is 2.35. The number of nitro groups is 1. The summed E-state index contributed by atoms with van der Waals surface area (Å²) in [5.74, 6) is -0.417. The van der Waals surface area contributed by atoms with E-state index in [4.69, 9.17) is 0 Å². The zero-order valence-corrected chi connectivity index (χ0v) is 11.6. The van der Waals surface area contributed by atoms with Crippen LogP contribution in [0.2, 0.25) is 0 Å². The number of benzene rings is 1. The van der Waals surface area contributed by atoms with Gasteiger partial charge in [-0.15, -0.1) is 0 Å². The van der Waals surface area contributed by atoms with E-state index in [2.05, 4.69) is 0 Å². The lowest BCUT2D eigenvalue weighted by Gasteiger charge is -2.20. The van der Waals surface area contributed by atoms with Crippen molar-refractivity contribution in [2.24, 2.45) is 0 Å². The van der Waals surface area contributed by atoms with E-state index in [1.165, 1.54) is 18.2 Å². The van der Waals surface area contributed by atoms with Crippen LogP contribution >= 0.6 is 0 Å². The Morgan fingerprint density at radius 3 is 2.65 bits per heavy atom. The van der Waals surface area contributed by atoms with E-state index in [-0.39, 0.29) is 23.4 Å². The van der Waals surface area contributed by atoms with E-state index >= 15 is 0 Å². The van der Waals surface area contributed by atoms with Crippen molar-refractivity contribution in [2.75, 3.05) is 5.75 Å². The number of Topliss-reactive ketones (excluding diaryl/α,β-unsaturated/α-hetero) is 1. The van der Waals surface area contributed by atoms with Crippen LogP contribution in [0.5, 0.6) is 0 Å². The van der Waals surface area contributed by atoms with Gasteiger partial charge in [0.15, 0.2) is 15.6 Å². The molecule has 0 aliphatic carbocycles. The Hall–Kier alpha value is -1.76. The fraction of sp³-hybridized carbons (Fsp3) is 0.462. The molecule has 1 atom stereocenters. The largest absolute Gasteiger partial charge is 0.298 e. The molecule has 7 heteroatoms. The predicted octanol–water partition coefficient (Wildman–Crippen LogP) is 1.67. The second kappa shape index (κ2) is 5.70. The summed E-state index contributed by atoms with van der Waals surface area (Å²) in [6, 6.07) is 5.93. The Balaban J connectivity index is 2.22. The Kier molecular flexibility index (Phi) is 4.17. The maximum atomic E-state index is 12.2. The Morgan fingerprint density at radius 1 is 1.30 bits per heavy atom. The van der Waals surface area contributed by atoms with Gasteiger partial charge in [-0.25, -0.2) is 8.42 Å². The molecule has 0 aromatic heterocycles. The summed E-state index contributed by atoms with van der Waals surface area (Å²) in [5.41, 5.74) is 0.123. The molecule has 0 amide bonds. The zero-order chi connectivity index (χ0) is 14.8. The van der Waals surface area contributed by atoms with Crippen LogP contribution in [0.4, 0.5) is 5.69 Å². The first-order valence-electron chi connectivity index (χ1n) is 6.38. The van der Waals surface area contributed by atoms with Gasteiger partial charge in [0.2, 0.25) is 0 Å². The minimum absolute atomic E-state index is 0.0281. The fourth-order valence-corrected chi connectivity index (χ4v) is 4.36. The topological polar surface area (TPSA) is 94.3 Å². The van der Waals surface area contributed by atoms with E-state index in [9.17, 15) is 23.3 Å². The van der Waals surface area contributed by atoms with Crippen LogP contribution in [-0.4, -0.2) is 30.1 Å². The molecule has 0 N–H and O–H groups in total. The third-order valence-electron chi connectivity index (χ3n) is 3.49. The number of para-hydroxylation sites is 1. The first-order chi connectivity index (χ1) is 9.42. The van der Waals surface area contributed by atoms with Gasteiger partial charge in [0.25, 0.3) is 5.69 Å². The van der Waals surface area contributed by atoms with Crippen LogP contribution in [0.25, 0.3) is 0 Å². The van der Waals surface area contributed by atoms with Crippen LogP contribution in [0.15, 0.2) is 24.3 Å². The molecular formula is C13H15NO5S. The van der Waals surface area contributed by atoms with Gasteiger partial charge in [-0.1, -0.05) is 24.6 Å². The Labute approximate surface area is 116 Å². The number of nitro benzene ring substituents is 1. The molecule has 108 valence electrons. The van der Waals surface area contributed by atoms with Crippen molar-refractivity contribution < 1.29 is 18.1 Å². The number of ketones is 1. The smallest absolute Gasteiger partial charge is 0.273 e. The predicted molar refractivity (Wildman–Crippen MR) is 73.2 cm³/mol. The molecule has 1 aliphatic rings. The van der Waals surface area contributed by atoms with Crippen molar-refractivity contribution in [3.63, 3.8) is 0 Å². The van der Waals surface area contributed by atoms with E-state index in [0.29, 0.717) is 19.3 Å². The summed E-state index contributed by atoms with van der Waals surface area (Å²) in [5, 5.41) is 9.88. The highest BCUT2D eigenvalue weighted by Crippen LogP contribution is 2.24. The molecule has 1 fully saturated rings. The van der Waals surface area contributed by atoms with Crippen LogP contribution in [0.1, 0.15) is 24.8 Å². The van der Waals surface area contributed by atoms with Gasteiger partial charge < -0.3 is 0 Å². The molecule has 1 unspecified atom stereocenters. The minimum atomic E-state index is -3.40. The van der Waals surface area contributed by atoms with Gasteiger partial charge >= 0.3 is 0 Å². The second-order valence-electron chi connectivity index (χ2n) is 4.88. The highest BCUT2D eigenvalue weighted by molar-refractivity contribution is 7.92. The molecule has 1 aliphatic heterocycles. The Bertz CT molecular complexity index is 638. The molecule has 1 aromatic carbocycles. The molecule has 0 radical (unpaired) electrons. The number of nitrogens with zero attached hydrogens (tertiary/aromatic N) is 1. The van der Waals surface area contributed by atoms with Crippen LogP contribution in [-0.2, 0) is 21.1 Å². The quantitative estimate of drug-likeness (QED) is 0.622. The van der Waals surface area contributed by atoms with Gasteiger partial charge in [0.1, 0.15) is 5.25 Å². The monoisotopic (exact) mass is 297 g/mol. The summed E-state index contributed by atoms with van der Waals surface area (Å²) in [4.78, 5) is 22.5. The first kappa shape index (κ1) is 14.6. The van der Waals surface area contributed by atoms with Gasteiger partial charge in [0.05, 0.1) is 10.7 Å². The van der Waals surface area contributed by atoms with Crippen molar-refractivity contribution in [1.82, 2.24) is 0 Å². The summed E-state index contributed by atoms with van der Waals surface area (Å²) < 4.78 is 23.8. The minimum Gasteiger partial charge on any atom is -0.298 e. The number of carbonyl (C=O) groups excluding carboxylic acids is 1. The fourth-order valence-electron chi connectivity index (χ4n) is 2.46. The third-order valence-corrected chi connectivity index (χ3v) is 5.71. The van der Waals surface area contributed by atoms with E-state index in [0.717, 1.165) is 0 Å². The molecule has 2 rings (SSSR count). The number of carbonyl (C=O) groups is 1. The number of sulfone groups is 1. The van der Waals surface area contributed by atoms with E-state index in [1.807, 2.05) is 0 Å². The molecule has 20 heavy (non-hydrogen) atoms. The second-order valence-corrected chi connectivity index (χ2v) is 7.18. The summed E-state index contributed by atoms with van der Waals surface area (Å²) in [6.07, 6.45) is 1.40. The number of rotatable bonds is 4. The van der Waals surface area contributed by atoms with E-state index in [1.54, 1.807) is 6.07 Å². The summed E-state index contributed by atoms with van der Waals surface area (Å²) in [7, 11) is -3.40. The standard InChI is InChI=1S/C13H15NO5S/c15-12(13-7-3-4-8-20(13,18)19)9-10-5-1-2-6-11(10)14(16)17/h1-2,5-6,13H,3-4,7-9H2. The molecule has 1 saturated heterocycles. The van der Waals surface area contributed by atoms with Gasteiger partial charge in [-0.3, -0.25) is 14.9 Å². The maximum Gasteiger partial charge on any atom is 0.273 e. The molecule has 6 nitrogen and oxygen atoms in total. The highest BCUT2D eigenvalue weighted by atomic mass is 32.2. The molecule has 1 heterocycles. The summed E-state index contributed by atoms with van der Waals surface area (Å²) in [6.45, 7) is 0. The lowest BCUT2D eigenvalue weighted by Crippen LogP contribution is -2.36. The van der Waals surface area contributed by atoms with Crippen LogP contribution < -0.4 is 0 Å². The number of hydrogen-bond donors (Lipinski definition) is 0. The van der Waals surface area contributed by atoms with Crippen molar-refractivity contribution >= 4 is 21.3 Å². The summed E-state index contributed by atoms with van der Waals surface area (Å²) >= 11 is 0. The van der Waals surface area contributed by atoms with Gasteiger partial charge in [0, 0.05) is 18.1 Å². The SMILES string of the molecule is O=C(Cc1ccccc1[N+](=O)[O-])C1CCCCS1(=O)=O. The molecule has 0 spiro atoms. The van der Waals surface area contributed by atoms with Crippen molar-refractivity contribution in [3.05, 3.63) is 39.9 Å². The van der Waals surface area contributed by atoms with Crippen LogP contribution in [0.3, 0.4) is 0 Å². The van der Waals surface area contributed by atoms with Crippen molar-refractivity contribution in [3.8, 4) is 0 Å². The van der Waals surface area contributed by atoms with Crippen LogP contribution in [0, 0.1) is 10.1 Å². The zero-order valence-electron chi connectivity index (χ0n) is 10.8.